The number of sulfonamides is 1. The summed E-state index contributed by atoms with van der Waals surface area (Å²) in [7, 11) is -7.46. The van der Waals surface area contributed by atoms with Crippen molar-refractivity contribution in [2.24, 2.45) is 0 Å². The second kappa shape index (κ2) is 11.0. The highest BCUT2D eigenvalue weighted by molar-refractivity contribution is 7.90. The fourth-order valence-corrected chi connectivity index (χ4v) is 6.61. The molecule has 0 unspecified atom stereocenters. The molecule has 0 saturated heterocycles. The van der Waals surface area contributed by atoms with E-state index in [1.807, 2.05) is 0 Å². The largest absolute Gasteiger partial charge is 0.457 e. The average molecular weight is 527 g/mol. The summed E-state index contributed by atoms with van der Waals surface area (Å²) in [6.07, 6.45) is 2.99. The van der Waals surface area contributed by atoms with E-state index >= 15 is 0 Å². The van der Waals surface area contributed by atoms with Crippen LogP contribution in [0.1, 0.15) is 32.6 Å². The molecule has 1 aliphatic rings. The number of sulfone groups is 1. The molecular weight excluding hydrogens is 496 g/mol. The number of benzene rings is 2. The standard InChI is InChI=1S/C23H30N2O8S2/c1-3-32-17-16-25(23(22(26)24-27)14-4-5-15-23)35(30,31)21-12-8-19(9-13-21)33-18-6-10-20(11-7-18)34(2,28)29/h6-13,27H,3-5,14-17H2,1-2H3,(H,24,26). The Balaban J connectivity index is 1.87. The molecule has 2 aromatic carbocycles. The third-order valence-corrected chi connectivity index (χ3v) is 9.08. The Morgan fingerprint density at radius 2 is 1.49 bits per heavy atom. The summed E-state index contributed by atoms with van der Waals surface area (Å²) >= 11 is 0. The van der Waals surface area contributed by atoms with Gasteiger partial charge in [-0.2, -0.15) is 4.31 Å². The molecule has 0 bridgehead atoms. The van der Waals surface area contributed by atoms with Gasteiger partial charge in [0.2, 0.25) is 10.0 Å². The van der Waals surface area contributed by atoms with Gasteiger partial charge in [0.1, 0.15) is 17.0 Å². The molecule has 0 aliphatic heterocycles. The van der Waals surface area contributed by atoms with E-state index in [4.69, 9.17) is 9.47 Å². The molecule has 1 fully saturated rings. The van der Waals surface area contributed by atoms with Crippen LogP contribution in [0.5, 0.6) is 11.5 Å². The van der Waals surface area contributed by atoms with Gasteiger partial charge in [-0.1, -0.05) is 12.8 Å². The molecule has 1 aliphatic carbocycles. The van der Waals surface area contributed by atoms with Crippen LogP contribution >= 0.6 is 0 Å². The van der Waals surface area contributed by atoms with Gasteiger partial charge in [0.25, 0.3) is 5.91 Å². The second-order valence-electron chi connectivity index (χ2n) is 8.27. The van der Waals surface area contributed by atoms with Gasteiger partial charge in [0, 0.05) is 19.4 Å². The molecule has 0 aromatic heterocycles. The van der Waals surface area contributed by atoms with Crippen molar-refractivity contribution in [1.29, 1.82) is 0 Å². The highest BCUT2D eigenvalue weighted by Gasteiger charge is 2.51. The van der Waals surface area contributed by atoms with Gasteiger partial charge in [0.05, 0.1) is 16.4 Å². The zero-order valence-electron chi connectivity index (χ0n) is 19.6. The van der Waals surface area contributed by atoms with Crippen molar-refractivity contribution in [2.75, 3.05) is 26.0 Å². The van der Waals surface area contributed by atoms with E-state index in [0.717, 1.165) is 10.6 Å². The van der Waals surface area contributed by atoms with Crippen molar-refractivity contribution < 1.29 is 36.3 Å². The summed E-state index contributed by atoms with van der Waals surface area (Å²) in [5, 5.41) is 9.35. The Morgan fingerprint density at radius 1 is 0.971 bits per heavy atom. The molecule has 0 heterocycles. The lowest BCUT2D eigenvalue weighted by Gasteiger charge is -2.38. The van der Waals surface area contributed by atoms with Crippen LogP contribution in [0.2, 0.25) is 0 Å². The van der Waals surface area contributed by atoms with Crippen LogP contribution in [-0.2, 0) is 29.4 Å². The van der Waals surface area contributed by atoms with Crippen LogP contribution in [0.15, 0.2) is 58.3 Å². The van der Waals surface area contributed by atoms with E-state index in [2.05, 4.69) is 0 Å². The van der Waals surface area contributed by atoms with Crippen LogP contribution < -0.4 is 10.2 Å². The average Bonchev–Trinajstić information content (AvgIpc) is 3.32. The number of rotatable bonds is 11. The molecule has 192 valence electrons. The topological polar surface area (TPSA) is 139 Å². The number of carbonyl (C=O) groups excluding carboxylic acids is 1. The summed E-state index contributed by atoms with van der Waals surface area (Å²) in [5.74, 6) is -0.0240. The van der Waals surface area contributed by atoms with Gasteiger partial charge < -0.3 is 9.47 Å². The molecular formula is C23H30N2O8S2. The van der Waals surface area contributed by atoms with Crippen LogP contribution in [0.25, 0.3) is 0 Å². The lowest BCUT2D eigenvalue weighted by atomic mass is 9.96. The fourth-order valence-electron chi connectivity index (χ4n) is 4.21. The maximum absolute atomic E-state index is 13.7. The SMILES string of the molecule is CCOCCN(C1(C(=O)NO)CCCC1)S(=O)(=O)c1ccc(Oc2ccc(S(C)(=O)=O)cc2)cc1. The lowest BCUT2D eigenvalue weighted by molar-refractivity contribution is -0.139. The van der Waals surface area contributed by atoms with Gasteiger partial charge >= 0.3 is 0 Å². The molecule has 3 rings (SSSR count). The van der Waals surface area contributed by atoms with Gasteiger partial charge in [-0.3, -0.25) is 10.0 Å². The summed E-state index contributed by atoms with van der Waals surface area (Å²) in [6, 6.07) is 11.6. The second-order valence-corrected chi connectivity index (χ2v) is 12.1. The van der Waals surface area contributed by atoms with E-state index in [0.29, 0.717) is 30.9 Å². The summed E-state index contributed by atoms with van der Waals surface area (Å²) in [4.78, 5) is 12.8. The van der Waals surface area contributed by atoms with Gasteiger partial charge in [0.15, 0.2) is 9.84 Å². The number of nitrogens with one attached hydrogen (secondary N) is 1. The normalized spacial score (nSPS) is 15.8. The quantitative estimate of drug-likeness (QED) is 0.259. The molecule has 10 nitrogen and oxygen atoms in total. The molecule has 2 N–H and O–H groups in total. The van der Waals surface area contributed by atoms with E-state index in [-0.39, 0.29) is 35.8 Å². The summed E-state index contributed by atoms with van der Waals surface area (Å²) in [5.41, 5.74) is 0.247. The molecule has 2 aromatic rings. The highest BCUT2D eigenvalue weighted by Crippen LogP contribution is 2.39. The molecule has 0 atom stereocenters. The van der Waals surface area contributed by atoms with Gasteiger partial charge in [-0.15, -0.1) is 0 Å². The zero-order valence-corrected chi connectivity index (χ0v) is 21.3. The van der Waals surface area contributed by atoms with Crippen LogP contribution in [0.4, 0.5) is 0 Å². The third-order valence-electron chi connectivity index (χ3n) is 5.97. The van der Waals surface area contributed by atoms with E-state index in [1.54, 1.807) is 12.4 Å². The predicted octanol–water partition coefficient (Wildman–Crippen LogP) is 2.73. The first-order valence-corrected chi connectivity index (χ1v) is 14.5. The first kappa shape index (κ1) is 27.1. The summed E-state index contributed by atoms with van der Waals surface area (Å²) < 4.78 is 62.7. The smallest absolute Gasteiger partial charge is 0.264 e. The molecule has 1 amide bonds. The Morgan fingerprint density at radius 3 is 1.94 bits per heavy atom. The number of ether oxygens (including phenoxy) is 2. The third kappa shape index (κ3) is 6.01. The maximum atomic E-state index is 13.7. The molecule has 0 spiro atoms. The number of hydroxylamine groups is 1. The minimum absolute atomic E-state index is 0.0363. The first-order valence-electron chi connectivity index (χ1n) is 11.2. The number of amides is 1. The fraction of sp³-hybridized carbons (Fsp3) is 0.435. The number of carbonyl (C=O) groups is 1. The zero-order chi connectivity index (χ0) is 25.7. The van der Waals surface area contributed by atoms with Crippen molar-refractivity contribution in [1.82, 2.24) is 9.79 Å². The van der Waals surface area contributed by atoms with Gasteiger partial charge in [-0.05, 0) is 68.3 Å². The Kier molecular flexibility index (Phi) is 8.54. The monoisotopic (exact) mass is 526 g/mol. The lowest BCUT2D eigenvalue weighted by Crippen LogP contribution is -2.59. The molecule has 35 heavy (non-hydrogen) atoms. The highest BCUT2D eigenvalue weighted by atomic mass is 32.2. The number of nitrogens with zero attached hydrogens (tertiary/aromatic N) is 1. The predicted molar refractivity (Wildman–Crippen MR) is 128 cm³/mol. The maximum Gasteiger partial charge on any atom is 0.264 e. The van der Waals surface area contributed by atoms with Crippen LogP contribution in [0, 0.1) is 0 Å². The molecule has 0 radical (unpaired) electrons. The van der Waals surface area contributed by atoms with Crippen molar-refractivity contribution in [3.8, 4) is 11.5 Å². The van der Waals surface area contributed by atoms with Crippen LogP contribution in [0.3, 0.4) is 0 Å². The first-order chi connectivity index (χ1) is 16.5. The van der Waals surface area contributed by atoms with Crippen molar-refractivity contribution >= 4 is 25.8 Å². The Hall–Kier alpha value is -2.51. The Bertz CT molecular complexity index is 1220. The summed E-state index contributed by atoms with van der Waals surface area (Å²) in [6.45, 7) is 2.23. The van der Waals surface area contributed by atoms with Crippen molar-refractivity contribution in [3.63, 3.8) is 0 Å². The minimum Gasteiger partial charge on any atom is -0.457 e. The molecule has 1 saturated carbocycles. The molecule has 12 heteroatoms. The number of hydrogen-bond donors (Lipinski definition) is 2. The van der Waals surface area contributed by atoms with Gasteiger partial charge in [-0.25, -0.2) is 22.3 Å². The van der Waals surface area contributed by atoms with E-state index in [1.165, 1.54) is 48.5 Å². The minimum atomic E-state index is -4.13. The van der Waals surface area contributed by atoms with Crippen molar-refractivity contribution in [2.45, 2.75) is 47.9 Å². The van der Waals surface area contributed by atoms with Crippen LogP contribution in [-0.4, -0.2) is 63.8 Å². The number of hydrogen-bond acceptors (Lipinski definition) is 8. The van der Waals surface area contributed by atoms with Crippen molar-refractivity contribution in [3.05, 3.63) is 48.5 Å². The van der Waals surface area contributed by atoms with E-state index < -0.39 is 31.3 Å². The Labute approximate surface area is 205 Å². The van der Waals surface area contributed by atoms with E-state index in [9.17, 15) is 26.8 Å².